The lowest BCUT2D eigenvalue weighted by molar-refractivity contribution is 0.0692. The Labute approximate surface area is 134 Å². The van der Waals surface area contributed by atoms with Gasteiger partial charge in [0, 0.05) is 7.05 Å². The fraction of sp³-hybridized carbons (Fsp3) is 0.100. The fourth-order valence-corrected chi connectivity index (χ4v) is 4.51. The molecular formula is C10H10N4O6S3. The molecule has 0 radical (unpaired) electrons. The lowest BCUT2D eigenvalue weighted by Gasteiger charge is -2.02. The van der Waals surface area contributed by atoms with Gasteiger partial charge in [-0.25, -0.2) is 23.0 Å². The molecule has 0 unspecified atom stereocenters. The standard InChI is InChI=1S/C10H10N4O6S3/c1-14-9(21-10(12-14)22(11,17)18)13-23(19,20)7-5-3-2-4-6(7)8(15)16/h2-5H,1H3,(H,15,16)(H2,11,17,18)/b13-9+. The Bertz CT molecular complexity index is 1050. The van der Waals surface area contributed by atoms with E-state index in [1.54, 1.807) is 0 Å². The molecule has 10 nitrogen and oxygen atoms in total. The summed E-state index contributed by atoms with van der Waals surface area (Å²) in [5, 5.41) is 17.5. The molecule has 0 bridgehead atoms. The summed E-state index contributed by atoms with van der Waals surface area (Å²) < 4.78 is 50.9. The van der Waals surface area contributed by atoms with E-state index >= 15 is 0 Å². The van der Waals surface area contributed by atoms with Gasteiger partial charge in [-0.3, -0.25) is 0 Å². The first-order valence-corrected chi connectivity index (χ1v) is 9.53. The van der Waals surface area contributed by atoms with Crippen LogP contribution < -0.4 is 9.94 Å². The van der Waals surface area contributed by atoms with Gasteiger partial charge in [-0.2, -0.15) is 8.42 Å². The van der Waals surface area contributed by atoms with Crippen molar-refractivity contribution in [2.75, 3.05) is 0 Å². The van der Waals surface area contributed by atoms with E-state index in [0.29, 0.717) is 11.3 Å². The molecule has 2 aromatic rings. The predicted octanol–water partition coefficient (Wildman–Crippen LogP) is -0.883. The Morgan fingerprint density at radius 1 is 1.30 bits per heavy atom. The average Bonchev–Trinajstić information content (AvgIpc) is 2.79. The Morgan fingerprint density at radius 2 is 1.91 bits per heavy atom. The highest BCUT2D eigenvalue weighted by Gasteiger charge is 2.22. The SMILES string of the molecule is Cn1nc(S(N)(=O)=O)s/c1=N/S(=O)(=O)c1ccccc1C(=O)O. The van der Waals surface area contributed by atoms with E-state index in [9.17, 15) is 21.6 Å². The number of carbonyl (C=O) groups is 1. The Morgan fingerprint density at radius 3 is 2.43 bits per heavy atom. The number of nitrogens with two attached hydrogens (primary N) is 1. The zero-order chi connectivity index (χ0) is 17.4. The zero-order valence-electron chi connectivity index (χ0n) is 11.4. The summed E-state index contributed by atoms with van der Waals surface area (Å²) in [7, 11) is -7.21. The van der Waals surface area contributed by atoms with Crippen molar-refractivity contribution in [2.45, 2.75) is 9.24 Å². The van der Waals surface area contributed by atoms with Crippen LogP contribution in [0.15, 0.2) is 37.9 Å². The molecule has 2 rings (SSSR count). The molecule has 1 heterocycles. The molecular weight excluding hydrogens is 368 g/mol. The number of carboxylic acid groups (broad SMARTS) is 1. The molecule has 0 aliphatic rings. The summed E-state index contributed by atoms with van der Waals surface area (Å²) in [5.74, 6) is -1.43. The number of aryl methyl sites for hydroxylation is 1. The normalized spacial score (nSPS) is 13.2. The van der Waals surface area contributed by atoms with E-state index in [4.69, 9.17) is 10.2 Å². The smallest absolute Gasteiger partial charge is 0.337 e. The van der Waals surface area contributed by atoms with Crippen LogP contribution in [0.5, 0.6) is 0 Å². The highest BCUT2D eigenvalue weighted by Crippen LogP contribution is 2.18. The lowest BCUT2D eigenvalue weighted by atomic mass is 10.2. The number of primary sulfonamides is 1. The maximum Gasteiger partial charge on any atom is 0.337 e. The number of benzene rings is 1. The summed E-state index contributed by atoms with van der Waals surface area (Å²) in [4.78, 5) is 10.3. The topological polar surface area (TPSA) is 162 Å². The first-order chi connectivity index (χ1) is 10.5. The lowest BCUT2D eigenvalue weighted by Crippen LogP contribution is -2.16. The largest absolute Gasteiger partial charge is 0.478 e. The van der Waals surface area contributed by atoms with Gasteiger partial charge in [-0.15, -0.1) is 9.50 Å². The van der Waals surface area contributed by atoms with E-state index in [-0.39, 0.29) is 4.80 Å². The van der Waals surface area contributed by atoms with Gasteiger partial charge in [0.1, 0.15) is 4.90 Å². The van der Waals surface area contributed by atoms with Crippen LogP contribution in [0.4, 0.5) is 0 Å². The molecule has 124 valence electrons. The van der Waals surface area contributed by atoms with Crippen LogP contribution in [0.1, 0.15) is 10.4 Å². The van der Waals surface area contributed by atoms with Crippen LogP contribution in [-0.2, 0) is 27.1 Å². The third kappa shape index (κ3) is 3.64. The average molecular weight is 378 g/mol. The monoisotopic (exact) mass is 378 g/mol. The number of aromatic nitrogens is 2. The van der Waals surface area contributed by atoms with Gasteiger partial charge in [0.15, 0.2) is 0 Å². The molecule has 0 aliphatic carbocycles. The second kappa shape index (κ2) is 5.84. The van der Waals surface area contributed by atoms with Crippen molar-refractivity contribution < 1.29 is 26.7 Å². The summed E-state index contributed by atoms with van der Waals surface area (Å²) in [6, 6.07) is 4.92. The minimum absolute atomic E-state index is 0.269. The highest BCUT2D eigenvalue weighted by atomic mass is 32.2. The molecule has 3 N–H and O–H groups in total. The van der Waals surface area contributed by atoms with Gasteiger partial charge in [0.25, 0.3) is 20.0 Å². The Balaban J connectivity index is 2.68. The van der Waals surface area contributed by atoms with Crippen LogP contribution in [0.2, 0.25) is 0 Å². The van der Waals surface area contributed by atoms with E-state index in [1.165, 1.54) is 19.2 Å². The quantitative estimate of drug-likeness (QED) is 0.697. The van der Waals surface area contributed by atoms with Crippen LogP contribution in [0.3, 0.4) is 0 Å². The van der Waals surface area contributed by atoms with Gasteiger partial charge in [0.2, 0.25) is 9.14 Å². The van der Waals surface area contributed by atoms with Crippen molar-refractivity contribution in [2.24, 2.45) is 16.6 Å². The van der Waals surface area contributed by atoms with Gasteiger partial charge < -0.3 is 5.11 Å². The predicted molar refractivity (Wildman–Crippen MR) is 78.6 cm³/mol. The molecule has 0 amide bonds. The number of nitrogens with zero attached hydrogens (tertiary/aromatic N) is 3. The summed E-state index contributed by atoms with van der Waals surface area (Å²) >= 11 is 0.448. The molecule has 23 heavy (non-hydrogen) atoms. The van der Waals surface area contributed by atoms with E-state index in [2.05, 4.69) is 9.50 Å². The van der Waals surface area contributed by atoms with Gasteiger partial charge in [-0.05, 0) is 12.1 Å². The van der Waals surface area contributed by atoms with Crippen molar-refractivity contribution in [1.29, 1.82) is 0 Å². The zero-order valence-corrected chi connectivity index (χ0v) is 13.9. The molecule has 0 saturated carbocycles. The van der Waals surface area contributed by atoms with Crippen LogP contribution >= 0.6 is 11.3 Å². The number of carboxylic acids is 1. The van der Waals surface area contributed by atoms with Crippen molar-refractivity contribution in [1.82, 2.24) is 9.78 Å². The third-order valence-corrected chi connectivity index (χ3v) is 6.27. The highest BCUT2D eigenvalue weighted by molar-refractivity contribution is 7.91. The van der Waals surface area contributed by atoms with Gasteiger partial charge in [-0.1, -0.05) is 23.5 Å². The molecule has 1 aromatic carbocycles. The number of rotatable bonds is 4. The second-order valence-corrected chi connectivity index (χ2v) is 8.45. The Kier molecular flexibility index (Phi) is 4.39. The number of hydrogen-bond acceptors (Lipinski definition) is 7. The molecule has 0 saturated heterocycles. The van der Waals surface area contributed by atoms with Gasteiger partial charge >= 0.3 is 5.97 Å². The molecule has 0 aliphatic heterocycles. The summed E-state index contributed by atoms with van der Waals surface area (Å²) in [6.07, 6.45) is 0. The van der Waals surface area contributed by atoms with E-state index < -0.39 is 40.8 Å². The fourth-order valence-electron chi connectivity index (χ4n) is 1.54. The van der Waals surface area contributed by atoms with Crippen molar-refractivity contribution in [3.8, 4) is 0 Å². The van der Waals surface area contributed by atoms with Crippen molar-refractivity contribution in [3.63, 3.8) is 0 Å². The minimum atomic E-state index is -4.39. The first kappa shape index (κ1) is 17.3. The van der Waals surface area contributed by atoms with E-state index in [1.807, 2.05) is 0 Å². The minimum Gasteiger partial charge on any atom is -0.478 e. The van der Waals surface area contributed by atoms with E-state index in [0.717, 1.165) is 16.8 Å². The third-order valence-electron chi connectivity index (χ3n) is 2.52. The molecule has 13 heteroatoms. The summed E-state index contributed by atoms with van der Waals surface area (Å²) in [6.45, 7) is 0. The van der Waals surface area contributed by atoms with Crippen LogP contribution in [0.25, 0.3) is 0 Å². The van der Waals surface area contributed by atoms with Crippen LogP contribution in [0, 0.1) is 0 Å². The summed E-state index contributed by atoms with van der Waals surface area (Å²) in [5.41, 5.74) is -0.449. The molecule has 0 atom stereocenters. The second-order valence-electron chi connectivity index (χ2n) is 4.19. The van der Waals surface area contributed by atoms with Crippen molar-refractivity contribution >= 4 is 37.4 Å². The Hall–Kier alpha value is -2.09. The number of aromatic carboxylic acids is 1. The maximum atomic E-state index is 12.3. The molecule has 0 fully saturated rings. The van der Waals surface area contributed by atoms with Gasteiger partial charge in [0.05, 0.1) is 5.56 Å². The number of hydrogen-bond donors (Lipinski definition) is 2. The molecule has 0 spiro atoms. The molecule has 1 aromatic heterocycles. The van der Waals surface area contributed by atoms with Crippen molar-refractivity contribution in [3.05, 3.63) is 34.6 Å². The number of sulfonamides is 2. The van der Waals surface area contributed by atoms with Crippen LogP contribution in [-0.4, -0.2) is 37.7 Å². The first-order valence-electron chi connectivity index (χ1n) is 5.72. The maximum absolute atomic E-state index is 12.3.